The number of aromatic nitrogens is 1. The minimum absolute atomic E-state index is 0.0594. The third-order valence-corrected chi connectivity index (χ3v) is 2.50. The van der Waals surface area contributed by atoms with E-state index in [1.54, 1.807) is 18.5 Å². The van der Waals surface area contributed by atoms with Crippen LogP contribution in [0.2, 0.25) is 0 Å². The highest BCUT2D eigenvalue weighted by Gasteiger charge is 2.06. The van der Waals surface area contributed by atoms with Crippen LogP contribution in [0.25, 0.3) is 0 Å². The molecule has 0 aromatic carbocycles. The van der Waals surface area contributed by atoms with E-state index in [4.69, 9.17) is 0 Å². The number of carbonyl (C=O) groups is 1. The summed E-state index contributed by atoms with van der Waals surface area (Å²) in [6, 6.07) is 1.81. The molecule has 0 unspecified atom stereocenters. The minimum Gasteiger partial charge on any atom is -0.325 e. The Balaban J connectivity index is 2.61. The lowest BCUT2D eigenvalue weighted by molar-refractivity contribution is -0.116. The zero-order chi connectivity index (χ0) is 10.6. The average molecular weight is 304 g/mol. The lowest BCUT2D eigenvalue weighted by atomic mass is 10.1. The second-order valence-electron chi connectivity index (χ2n) is 3.50. The lowest BCUT2D eigenvalue weighted by Gasteiger charge is -2.07. The second-order valence-corrected chi connectivity index (χ2v) is 4.66. The highest BCUT2D eigenvalue weighted by Crippen LogP contribution is 2.16. The van der Waals surface area contributed by atoms with Gasteiger partial charge in [-0.1, -0.05) is 13.8 Å². The molecule has 3 nitrogen and oxygen atoms in total. The van der Waals surface area contributed by atoms with Gasteiger partial charge in [0.05, 0.1) is 9.26 Å². The Bertz CT molecular complexity index is 326. The number of hydrogen-bond acceptors (Lipinski definition) is 2. The first-order chi connectivity index (χ1) is 6.59. The highest BCUT2D eigenvalue weighted by molar-refractivity contribution is 14.1. The molecule has 0 spiro atoms. The van der Waals surface area contributed by atoms with E-state index in [9.17, 15) is 4.79 Å². The van der Waals surface area contributed by atoms with Crippen molar-refractivity contribution >= 4 is 34.2 Å². The molecule has 0 atom stereocenters. The van der Waals surface area contributed by atoms with Crippen LogP contribution in [0.4, 0.5) is 5.69 Å². The van der Waals surface area contributed by atoms with Gasteiger partial charge in [0, 0.05) is 18.8 Å². The number of halogens is 1. The van der Waals surface area contributed by atoms with E-state index in [1.165, 1.54) is 0 Å². The summed E-state index contributed by atoms with van der Waals surface area (Å²) in [4.78, 5) is 15.4. The Morgan fingerprint density at radius 1 is 1.64 bits per heavy atom. The molecule has 0 aliphatic heterocycles. The van der Waals surface area contributed by atoms with Crippen molar-refractivity contribution in [3.05, 3.63) is 22.0 Å². The fourth-order valence-electron chi connectivity index (χ4n) is 1.05. The smallest absolute Gasteiger partial charge is 0.224 e. The van der Waals surface area contributed by atoms with Crippen LogP contribution in [-0.2, 0) is 4.79 Å². The Morgan fingerprint density at radius 2 is 2.36 bits per heavy atom. The molecule has 0 aliphatic carbocycles. The standard InChI is InChI=1S/C10H13IN2O/c1-7(2)5-10(14)13-9-3-4-12-6-8(9)11/h3-4,6-7H,5H2,1-2H3,(H,12,13,14). The molecule has 1 aromatic heterocycles. The number of anilines is 1. The Morgan fingerprint density at radius 3 is 2.93 bits per heavy atom. The number of hydrogen-bond donors (Lipinski definition) is 1. The SMILES string of the molecule is CC(C)CC(=O)Nc1ccncc1I. The van der Waals surface area contributed by atoms with Crippen LogP contribution in [-0.4, -0.2) is 10.9 Å². The van der Waals surface area contributed by atoms with Gasteiger partial charge in [-0.15, -0.1) is 0 Å². The molecule has 0 radical (unpaired) electrons. The van der Waals surface area contributed by atoms with Gasteiger partial charge in [0.25, 0.3) is 0 Å². The predicted molar refractivity (Wildman–Crippen MR) is 65.0 cm³/mol. The van der Waals surface area contributed by atoms with Gasteiger partial charge in [-0.2, -0.15) is 0 Å². The molecule has 1 heterocycles. The normalized spacial score (nSPS) is 10.3. The number of amides is 1. The topological polar surface area (TPSA) is 42.0 Å². The van der Waals surface area contributed by atoms with Crippen molar-refractivity contribution < 1.29 is 4.79 Å². The van der Waals surface area contributed by atoms with Crippen molar-refractivity contribution in [2.75, 3.05) is 5.32 Å². The molecule has 0 bridgehead atoms. The van der Waals surface area contributed by atoms with Gasteiger partial charge < -0.3 is 5.32 Å². The van der Waals surface area contributed by atoms with Gasteiger partial charge in [0.2, 0.25) is 5.91 Å². The molecule has 76 valence electrons. The molecule has 4 heteroatoms. The molecular formula is C10H13IN2O. The third kappa shape index (κ3) is 3.61. The summed E-state index contributed by atoms with van der Waals surface area (Å²) >= 11 is 2.15. The number of pyridine rings is 1. The maximum absolute atomic E-state index is 11.4. The summed E-state index contributed by atoms with van der Waals surface area (Å²) in [5, 5.41) is 2.86. The number of carbonyl (C=O) groups excluding carboxylic acids is 1. The first-order valence-electron chi connectivity index (χ1n) is 4.49. The van der Waals surface area contributed by atoms with Crippen LogP contribution in [0, 0.1) is 9.49 Å². The van der Waals surface area contributed by atoms with E-state index in [0.717, 1.165) is 9.26 Å². The molecule has 0 aliphatic rings. The van der Waals surface area contributed by atoms with Crippen LogP contribution in [0.3, 0.4) is 0 Å². The summed E-state index contributed by atoms with van der Waals surface area (Å²) in [6.07, 6.45) is 3.96. The van der Waals surface area contributed by atoms with E-state index in [2.05, 4.69) is 32.9 Å². The van der Waals surface area contributed by atoms with Crippen molar-refractivity contribution in [1.29, 1.82) is 0 Å². The number of nitrogens with one attached hydrogen (secondary N) is 1. The van der Waals surface area contributed by atoms with Crippen LogP contribution in [0.15, 0.2) is 18.5 Å². The highest BCUT2D eigenvalue weighted by atomic mass is 127. The maximum Gasteiger partial charge on any atom is 0.224 e. The van der Waals surface area contributed by atoms with Gasteiger partial charge in [0.15, 0.2) is 0 Å². The molecule has 14 heavy (non-hydrogen) atoms. The number of rotatable bonds is 3. The summed E-state index contributed by atoms with van der Waals surface area (Å²) in [5.74, 6) is 0.443. The largest absolute Gasteiger partial charge is 0.325 e. The van der Waals surface area contributed by atoms with Gasteiger partial charge in [0.1, 0.15) is 0 Å². The fraction of sp³-hybridized carbons (Fsp3) is 0.400. The summed E-state index contributed by atoms with van der Waals surface area (Å²) in [5.41, 5.74) is 0.839. The van der Waals surface area contributed by atoms with Crippen molar-refractivity contribution in [2.24, 2.45) is 5.92 Å². The average Bonchev–Trinajstić information content (AvgIpc) is 2.07. The predicted octanol–water partition coefficient (Wildman–Crippen LogP) is 2.67. The lowest BCUT2D eigenvalue weighted by Crippen LogP contribution is -2.14. The third-order valence-electron chi connectivity index (χ3n) is 1.64. The fourth-order valence-corrected chi connectivity index (χ4v) is 1.52. The Kier molecular flexibility index (Phi) is 4.31. The van der Waals surface area contributed by atoms with Crippen LogP contribution < -0.4 is 5.32 Å². The molecule has 1 amide bonds. The zero-order valence-electron chi connectivity index (χ0n) is 8.25. The van der Waals surface area contributed by atoms with Gasteiger partial charge in [-0.05, 0) is 34.6 Å². The van der Waals surface area contributed by atoms with Crippen molar-refractivity contribution in [2.45, 2.75) is 20.3 Å². The quantitative estimate of drug-likeness (QED) is 0.872. The maximum atomic E-state index is 11.4. The van der Waals surface area contributed by atoms with Crippen LogP contribution >= 0.6 is 22.6 Å². The Labute approximate surface area is 97.4 Å². The van der Waals surface area contributed by atoms with Crippen LogP contribution in [0.1, 0.15) is 20.3 Å². The molecule has 1 aromatic rings. The first kappa shape index (κ1) is 11.4. The molecule has 0 fully saturated rings. The van der Waals surface area contributed by atoms with E-state index in [-0.39, 0.29) is 5.91 Å². The van der Waals surface area contributed by atoms with Crippen molar-refractivity contribution in [3.63, 3.8) is 0 Å². The van der Waals surface area contributed by atoms with E-state index in [0.29, 0.717) is 12.3 Å². The monoisotopic (exact) mass is 304 g/mol. The Hall–Kier alpha value is -0.650. The van der Waals surface area contributed by atoms with Gasteiger partial charge in [-0.3, -0.25) is 9.78 Å². The van der Waals surface area contributed by atoms with Crippen molar-refractivity contribution in [1.82, 2.24) is 4.98 Å². The van der Waals surface area contributed by atoms with E-state index < -0.39 is 0 Å². The van der Waals surface area contributed by atoms with Crippen LogP contribution in [0.5, 0.6) is 0 Å². The van der Waals surface area contributed by atoms with E-state index in [1.807, 2.05) is 13.8 Å². The molecule has 0 saturated carbocycles. The molecule has 1 N–H and O–H groups in total. The first-order valence-corrected chi connectivity index (χ1v) is 5.57. The van der Waals surface area contributed by atoms with E-state index >= 15 is 0 Å². The zero-order valence-corrected chi connectivity index (χ0v) is 10.4. The molecular weight excluding hydrogens is 291 g/mol. The van der Waals surface area contributed by atoms with Gasteiger partial charge >= 0.3 is 0 Å². The second kappa shape index (κ2) is 5.29. The molecule has 1 rings (SSSR count). The minimum atomic E-state index is 0.0594. The van der Waals surface area contributed by atoms with Crippen molar-refractivity contribution in [3.8, 4) is 0 Å². The summed E-state index contributed by atoms with van der Waals surface area (Å²) in [6.45, 7) is 4.05. The molecule has 0 saturated heterocycles. The summed E-state index contributed by atoms with van der Waals surface area (Å²) < 4.78 is 0.960. The number of nitrogens with zero attached hydrogens (tertiary/aromatic N) is 1. The summed E-state index contributed by atoms with van der Waals surface area (Å²) in [7, 11) is 0. The van der Waals surface area contributed by atoms with Gasteiger partial charge in [-0.25, -0.2) is 0 Å².